The fourth-order valence-electron chi connectivity index (χ4n) is 2.96. The maximum atomic E-state index is 13.0. The van der Waals surface area contributed by atoms with Crippen molar-refractivity contribution in [1.82, 2.24) is 19.5 Å². The van der Waals surface area contributed by atoms with E-state index in [1.807, 2.05) is 0 Å². The van der Waals surface area contributed by atoms with E-state index in [4.69, 9.17) is 25.2 Å². The van der Waals surface area contributed by atoms with Gasteiger partial charge in [0, 0.05) is 0 Å². The molecule has 19 nitrogen and oxygen atoms in total. The highest BCUT2D eigenvalue weighted by molar-refractivity contribution is 7.66. The van der Waals surface area contributed by atoms with Crippen LogP contribution in [-0.2, 0) is 36.3 Å². The molecule has 8 N–H and O–H groups in total. The first-order valence-electron chi connectivity index (χ1n) is 8.86. The zero-order valence-corrected chi connectivity index (χ0v) is 19.6. The van der Waals surface area contributed by atoms with Crippen LogP contribution in [0.15, 0.2) is 11.1 Å². The van der Waals surface area contributed by atoms with E-state index in [1.165, 1.54) is 0 Å². The topological polar surface area (TPSA) is 288 Å². The van der Waals surface area contributed by atoms with Gasteiger partial charge < -0.3 is 35.2 Å². The number of nitrogens with two attached hydrogens (primary N) is 1. The lowest BCUT2D eigenvalue weighted by Gasteiger charge is -2.23. The first-order valence-corrected chi connectivity index (χ1v) is 13.4. The minimum absolute atomic E-state index is 0.384. The minimum atomic E-state index is -5.88. The summed E-state index contributed by atoms with van der Waals surface area (Å²) < 4.78 is 94.0. The van der Waals surface area contributed by atoms with Gasteiger partial charge >= 0.3 is 29.8 Å². The number of hydrogen-bond acceptors (Lipinski definition) is 13. The number of phosphoric ester groups is 1. The molecule has 0 aliphatic carbocycles. The molecule has 2 aromatic heterocycles. The summed E-state index contributed by atoms with van der Waals surface area (Å²) in [5.74, 6) is -0.453. The Labute approximate surface area is 195 Å². The number of phosphoric acid groups is 3. The summed E-state index contributed by atoms with van der Waals surface area (Å²) >= 11 is 0. The summed E-state index contributed by atoms with van der Waals surface area (Å²) in [5, 5.41) is 10.3. The van der Waals surface area contributed by atoms with Gasteiger partial charge in [-0.05, 0) is 0 Å². The SMILES string of the molecule is Nc1nc2c(ncn2[C@@H]2O[C@H](COP(=O)(O)OP(=O)(O)OP(=O)(O)O)[C@H](O)[C@H]2OC(F)(F)F)c(=O)[nH]1. The van der Waals surface area contributed by atoms with Crippen LogP contribution in [0.2, 0.25) is 0 Å². The second-order valence-corrected chi connectivity index (χ2v) is 11.2. The van der Waals surface area contributed by atoms with E-state index in [1.54, 1.807) is 0 Å². The van der Waals surface area contributed by atoms with Crippen molar-refractivity contribution in [2.45, 2.75) is 30.9 Å². The predicted octanol–water partition coefficient (Wildman–Crippen LogP) is -0.792. The van der Waals surface area contributed by atoms with Crippen molar-refractivity contribution in [3.8, 4) is 0 Å². The van der Waals surface area contributed by atoms with Crippen molar-refractivity contribution in [1.29, 1.82) is 0 Å². The Balaban J connectivity index is 1.84. The summed E-state index contributed by atoms with van der Waals surface area (Å²) in [4.78, 5) is 57.1. The summed E-state index contributed by atoms with van der Waals surface area (Å²) in [6, 6.07) is 0. The van der Waals surface area contributed by atoms with Gasteiger partial charge in [0.2, 0.25) is 5.95 Å². The van der Waals surface area contributed by atoms with Gasteiger partial charge in [-0.3, -0.25) is 23.6 Å². The third-order valence-corrected chi connectivity index (χ3v) is 7.93. The van der Waals surface area contributed by atoms with Gasteiger partial charge in [0.05, 0.1) is 12.9 Å². The number of ether oxygens (including phenoxy) is 2. The van der Waals surface area contributed by atoms with Gasteiger partial charge in [0.1, 0.15) is 18.3 Å². The normalized spacial score (nSPS) is 26.7. The number of rotatable bonds is 9. The number of nitrogens with one attached hydrogen (secondary N) is 1. The molecule has 2 aromatic rings. The van der Waals surface area contributed by atoms with E-state index in [2.05, 4.69) is 32.8 Å². The molecule has 1 aliphatic rings. The third kappa shape index (κ3) is 7.17. The fraction of sp³-hybridized carbons (Fsp3) is 0.545. The van der Waals surface area contributed by atoms with Crippen LogP contribution in [0.4, 0.5) is 19.1 Å². The second kappa shape index (κ2) is 9.84. The number of anilines is 1. The van der Waals surface area contributed by atoms with Crippen molar-refractivity contribution in [2.75, 3.05) is 12.3 Å². The van der Waals surface area contributed by atoms with Crippen molar-refractivity contribution < 1.29 is 74.2 Å². The van der Waals surface area contributed by atoms with Crippen molar-refractivity contribution in [2.24, 2.45) is 0 Å². The zero-order valence-electron chi connectivity index (χ0n) is 16.9. The van der Waals surface area contributed by atoms with Gasteiger partial charge in [0.15, 0.2) is 17.4 Å². The van der Waals surface area contributed by atoms with E-state index in [0.717, 1.165) is 10.9 Å². The molecular formula is C11H15F3N5O14P3. The first-order chi connectivity index (χ1) is 16.3. The van der Waals surface area contributed by atoms with Crippen LogP contribution in [0, 0.1) is 0 Å². The van der Waals surface area contributed by atoms with Crippen LogP contribution < -0.4 is 11.3 Å². The Kier molecular flexibility index (Phi) is 7.87. The molecule has 1 fully saturated rings. The number of alkyl halides is 3. The molecule has 1 aliphatic heterocycles. The average molecular weight is 591 g/mol. The first kappa shape index (κ1) is 28.8. The number of imidazole rings is 1. The highest BCUT2D eigenvalue weighted by atomic mass is 31.3. The van der Waals surface area contributed by atoms with Gasteiger partial charge in [-0.2, -0.15) is 13.6 Å². The standard InChI is InChI=1S/C11H15F3N5O14P3/c12-11(13,14)31-6-5(20)3(1-29-35(25,26)33-36(27,28)32-34(22,23)24)30-9(6)19-2-16-4-7(19)17-10(15)18-8(4)21/h2-3,5-6,9,20H,1H2,(H,25,26)(H,27,28)(H2,22,23,24)(H3,15,17,18,21)/t3-,5+,6-,9-/m1/s1. The molecule has 6 atom stereocenters. The largest absolute Gasteiger partial charge is 0.523 e. The fourth-order valence-corrected chi connectivity index (χ4v) is 5.99. The quantitative estimate of drug-likeness (QED) is 0.176. The molecule has 2 unspecified atom stereocenters. The minimum Gasteiger partial charge on any atom is -0.387 e. The van der Waals surface area contributed by atoms with Gasteiger partial charge in [-0.1, -0.05) is 0 Å². The van der Waals surface area contributed by atoms with Crippen LogP contribution in [0.1, 0.15) is 6.23 Å². The molecule has 3 rings (SSSR count). The average Bonchev–Trinajstić information content (AvgIpc) is 3.18. The number of aliphatic hydroxyl groups is 1. The van der Waals surface area contributed by atoms with Crippen molar-refractivity contribution in [3.63, 3.8) is 0 Å². The number of aliphatic hydroxyl groups excluding tert-OH is 1. The van der Waals surface area contributed by atoms with E-state index < -0.39 is 78.1 Å². The molecule has 3 heterocycles. The third-order valence-electron chi connectivity index (χ3n) is 4.13. The van der Waals surface area contributed by atoms with Crippen molar-refractivity contribution >= 4 is 40.6 Å². The lowest BCUT2D eigenvalue weighted by molar-refractivity contribution is -0.355. The molecule has 0 amide bonds. The summed E-state index contributed by atoms with van der Waals surface area (Å²) in [7, 11) is -17.3. The zero-order chi connectivity index (χ0) is 27.3. The van der Waals surface area contributed by atoms with Crippen LogP contribution in [0.25, 0.3) is 11.2 Å². The Morgan fingerprint density at radius 1 is 1.17 bits per heavy atom. The van der Waals surface area contributed by atoms with Gasteiger partial charge in [0.25, 0.3) is 5.56 Å². The Morgan fingerprint density at radius 2 is 1.81 bits per heavy atom. The van der Waals surface area contributed by atoms with Gasteiger partial charge in [-0.15, -0.1) is 13.2 Å². The van der Waals surface area contributed by atoms with Crippen LogP contribution in [-0.4, -0.2) is 75.5 Å². The maximum absolute atomic E-state index is 13.0. The van der Waals surface area contributed by atoms with E-state index >= 15 is 0 Å². The molecule has 0 saturated carbocycles. The number of halogens is 3. The van der Waals surface area contributed by atoms with E-state index in [9.17, 15) is 41.7 Å². The van der Waals surface area contributed by atoms with Crippen LogP contribution in [0.3, 0.4) is 0 Å². The Morgan fingerprint density at radius 3 is 2.39 bits per heavy atom. The number of aromatic nitrogens is 4. The molecular weight excluding hydrogens is 576 g/mol. The highest BCUT2D eigenvalue weighted by Gasteiger charge is 2.52. The number of aromatic amines is 1. The molecule has 0 bridgehead atoms. The summed E-state index contributed by atoms with van der Waals surface area (Å²) in [5.41, 5.74) is 3.78. The number of fused-ring (bicyclic) bond motifs is 1. The monoisotopic (exact) mass is 591 g/mol. The van der Waals surface area contributed by atoms with Crippen LogP contribution in [0.5, 0.6) is 0 Å². The molecule has 1 saturated heterocycles. The predicted molar refractivity (Wildman–Crippen MR) is 103 cm³/mol. The molecule has 36 heavy (non-hydrogen) atoms. The number of nitrogen functional groups attached to an aromatic ring is 1. The number of H-pyrrole nitrogens is 1. The highest BCUT2D eigenvalue weighted by Crippen LogP contribution is 2.66. The van der Waals surface area contributed by atoms with Gasteiger partial charge in [-0.25, -0.2) is 18.7 Å². The Hall–Kier alpha value is -1.77. The lowest BCUT2D eigenvalue weighted by atomic mass is 10.1. The summed E-state index contributed by atoms with van der Waals surface area (Å²) in [6.07, 6.45) is -13.0. The number of hydrogen-bond donors (Lipinski definition) is 7. The maximum Gasteiger partial charge on any atom is 0.523 e. The summed E-state index contributed by atoms with van der Waals surface area (Å²) in [6.45, 7) is -1.30. The van der Waals surface area contributed by atoms with Crippen molar-refractivity contribution in [3.05, 3.63) is 16.7 Å². The molecule has 0 radical (unpaired) electrons. The van der Waals surface area contributed by atoms with Crippen LogP contribution >= 0.6 is 23.5 Å². The lowest BCUT2D eigenvalue weighted by Crippen LogP contribution is -2.39. The second-order valence-electron chi connectivity index (χ2n) is 6.75. The molecule has 25 heteroatoms. The molecule has 0 aromatic carbocycles. The Bertz CT molecular complexity index is 1330. The number of nitrogens with zero attached hydrogens (tertiary/aromatic N) is 3. The van der Waals surface area contributed by atoms with E-state index in [-0.39, 0.29) is 5.52 Å². The smallest absolute Gasteiger partial charge is 0.387 e. The van der Waals surface area contributed by atoms with E-state index in [0.29, 0.717) is 0 Å². The molecule has 0 spiro atoms. The molecule has 204 valence electrons.